The lowest BCUT2D eigenvalue weighted by Gasteiger charge is -2.11. The molecule has 2 N–H and O–H groups in total. The van der Waals surface area contributed by atoms with E-state index in [-0.39, 0.29) is 18.4 Å². The summed E-state index contributed by atoms with van der Waals surface area (Å²) in [4.78, 5) is 25.7. The third-order valence-electron chi connectivity index (χ3n) is 5.15. The predicted octanol–water partition coefficient (Wildman–Crippen LogP) is 4.38. The summed E-state index contributed by atoms with van der Waals surface area (Å²) in [5, 5.41) is 6.02. The van der Waals surface area contributed by atoms with Crippen LogP contribution in [0, 0.1) is 0 Å². The highest BCUT2D eigenvalue weighted by Gasteiger charge is 2.06. The first kappa shape index (κ1) is 23.9. The molecule has 3 aromatic rings. The van der Waals surface area contributed by atoms with Gasteiger partial charge in [-0.15, -0.1) is 0 Å². The van der Waals surface area contributed by atoms with Crippen LogP contribution in [0.2, 0.25) is 0 Å². The Morgan fingerprint density at radius 1 is 0.818 bits per heavy atom. The summed E-state index contributed by atoms with van der Waals surface area (Å²) < 4.78 is 5.79. The van der Waals surface area contributed by atoms with Gasteiger partial charge in [0.1, 0.15) is 5.75 Å². The molecule has 0 atom stereocenters. The molecule has 3 aromatic carbocycles. The minimum Gasteiger partial charge on any atom is -0.493 e. The standard InChI is InChI=1S/C27H31N3O3/c1-30(2)27(32)16-11-22-9-6-10-24(19-22)28-20-26(31)29-23-12-14-25(15-13-23)33-18-17-21-7-4-3-5-8-21/h3-10,12-15,19,28H,11,16-18,20H2,1-2H3,(H,29,31). The molecule has 0 aromatic heterocycles. The van der Waals surface area contributed by atoms with Crippen LogP contribution in [0.1, 0.15) is 17.5 Å². The molecule has 0 fully saturated rings. The van der Waals surface area contributed by atoms with Crippen LogP contribution in [0.3, 0.4) is 0 Å². The summed E-state index contributed by atoms with van der Waals surface area (Å²) >= 11 is 0. The van der Waals surface area contributed by atoms with E-state index in [1.54, 1.807) is 19.0 Å². The van der Waals surface area contributed by atoms with Crippen LogP contribution in [0.25, 0.3) is 0 Å². The SMILES string of the molecule is CN(C)C(=O)CCc1cccc(NCC(=O)Nc2ccc(OCCc3ccccc3)cc2)c1. The van der Waals surface area contributed by atoms with Crippen LogP contribution in [-0.4, -0.2) is 44.0 Å². The zero-order valence-electron chi connectivity index (χ0n) is 19.2. The molecule has 0 radical (unpaired) electrons. The zero-order chi connectivity index (χ0) is 23.5. The quantitative estimate of drug-likeness (QED) is 0.460. The summed E-state index contributed by atoms with van der Waals surface area (Å²) in [5.41, 5.74) is 3.86. The van der Waals surface area contributed by atoms with E-state index < -0.39 is 0 Å². The third kappa shape index (κ3) is 8.33. The Kier molecular flexibility index (Phi) is 8.88. The van der Waals surface area contributed by atoms with Gasteiger partial charge in [-0.25, -0.2) is 0 Å². The molecule has 0 heterocycles. The lowest BCUT2D eigenvalue weighted by Crippen LogP contribution is -2.22. The highest BCUT2D eigenvalue weighted by molar-refractivity contribution is 5.93. The van der Waals surface area contributed by atoms with Crippen molar-refractivity contribution in [2.75, 3.05) is 37.9 Å². The molecule has 0 unspecified atom stereocenters. The summed E-state index contributed by atoms with van der Waals surface area (Å²) in [6.07, 6.45) is 1.97. The molecule has 0 saturated heterocycles. The largest absolute Gasteiger partial charge is 0.493 e. The number of hydrogen-bond acceptors (Lipinski definition) is 4. The van der Waals surface area contributed by atoms with Crippen molar-refractivity contribution in [3.05, 3.63) is 90.0 Å². The number of hydrogen-bond donors (Lipinski definition) is 2. The first-order valence-electron chi connectivity index (χ1n) is 11.1. The monoisotopic (exact) mass is 445 g/mol. The Balaban J connectivity index is 1.40. The average molecular weight is 446 g/mol. The second-order valence-corrected chi connectivity index (χ2v) is 8.00. The topological polar surface area (TPSA) is 70.7 Å². The van der Waals surface area contributed by atoms with Crippen LogP contribution in [0.15, 0.2) is 78.9 Å². The van der Waals surface area contributed by atoms with Gasteiger partial charge in [-0.1, -0.05) is 42.5 Å². The Morgan fingerprint density at radius 2 is 1.55 bits per heavy atom. The molecule has 0 spiro atoms. The Bertz CT molecular complexity index is 1030. The summed E-state index contributed by atoms with van der Waals surface area (Å²) in [5.74, 6) is 0.730. The number of carbonyl (C=O) groups excluding carboxylic acids is 2. The first-order valence-corrected chi connectivity index (χ1v) is 11.1. The number of aryl methyl sites for hydroxylation is 1. The van der Waals surface area contributed by atoms with Crippen molar-refractivity contribution in [3.8, 4) is 5.75 Å². The molecule has 33 heavy (non-hydrogen) atoms. The molecule has 6 heteroatoms. The molecule has 3 rings (SSSR count). The summed E-state index contributed by atoms with van der Waals surface area (Å²) in [6.45, 7) is 0.747. The molecular formula is C27H31N3O3. The van der Waals surface area contributed by atoms with Gasteiger partial charge in [0, 0.05) is 38.3 Å². The second-order valence-electron chi connectivity index (χ2n) is 8.00. The fourth-order valence-electron chi connectivity index (χ4n) is 3.27. The van der Waals surface area contributed by atoms with Gasteiger partial charge in [0.05, 0.1) is 13.2 Å². The van der Waals surface area contributed by atoms with Gasteiger partial charge in [0.2, 0.25) is 11.8 Å². The maximum atomic E-state index is 12.3. The van der Waals surface area contributed by atoms with Crippen molar-refractivity contribution in [1.29, 1.82) is 0 Å². The predicted molar refractivity (Wildman–Crippen MR) is 133 cm³/mol. The Labute approximate surface area is 195 Å². The second kappa shape index (κ2) is 12.3. The van der Waals surface area contributed by atoms with Gasteiger partial charge in [0.25, 0.3) is 0 Å². The number of carbonyl (C=O) groups is 2. The average Bonchev–Trinajstić information content (AvgIpc) is 2.83. The molecule has 0 bridgehead atoms. The number of ether oxygens (including phenoxy) is 1. The van der Waals surface area contributed by atoms with Crippen molar-refractivity contribution < 1.29 is 14.3 Å². The minimum absolute atomic E-state index is 0.0975. The number of nitrogens with zero attached hydrogens (tertiary/aromatic N) is 1. The van der Waals surface area contributed by atoms with Crippen LogP contribution >= 0.6 is 0 Å². The van der Waals surface area contributed by atoms with Gasteiger partial charge in [-0.2, -0.15) is 0 Å². The first-order chi connectivity index (χ1) is 16.0. The van der Waals surface area contributed by atoms with E-state index in [0.29, 0.717) is 25.1 Å². The molecule has 6 nitrogen and oxygen atoms in total. The molecule has 172 valence electrons. The third-order valence-corrected chi connectivity index (χ3v) is 5.15. The number of nitrogens with one attached hydrogen (secondary N) is 2. The highest BCUT2D eigenvalue weighted by Crippen LogP contribution is 2.17. The summed E-state index contributed by atoms with van der Waals surface area (Å²) in [6, 6.07) is 25.4. The number of anilines is 2. The maximum Gasteiger partial charge on any atom is 0.243 e. The summed E-state index contributed by atoms with van der Waals surface area (Å²) in [7, 11) is 3.51. The Hall–Kier alpha value is -3.80. The van der Waals surface area contributed by atoms with E-state index in [4.69, 9.17) is 4.74 Å². The number of amides is 2. The number of rotatable bonds is 11. The van der Waals surface area contributed by atoms with Gasteiger partial charge < -0.3 is 20.3 Å². The van der Waals surface area contributed by atoms with Gasteiger partial charge in [-0.05, 0) is 53.9 Å². The van der Waals surface area contributed by atoms with E-state index >= 15 is 0 Å². The van der Waals surface area contributed by atoms with E-state index in [1.807, 2.05) is 66.7 Å². The van der Waals surface area contributed by atoms with Crippen LogP contribution in [0.5, 0.6) is 5.75 Å². The molecule has 0 aliphatic carbocycles. The van der Waals surface area contributed by atoms with Crippen LogP contribution < -0.4 is 15.4 Å². The molecular weight excluding hydrogens is 414 g/mol. The zero-order valence-corrected chi connectivity index (χ0v) is 19.2. The lowest BCUT2D eigenvalue weighted by atomic mass is 10.1. The van der Waals surface area contributed by atoms with Crippen LogP contribution in [0.4, 0.5) is 11.4 Å². The van der Waals surface area contributed by atoms with E-state index in [2.05, 4.69) is 22.8 Å². The van der Waals surface area contributed by atoms with Crippen molar-refractivity contribution in [3.63, 3.8) is 0 Å². The van der Waals surface area contributed by atoms with E-state index in [1.165, 1.54) is 5.56 Å². The fourth-order valence-corrected chi connectivity index (χ4v) is 3.27. The molecule has 0 saturated carbocycles. The normalized spacial score (nSPS) is 10.4. The lowest BCUT2D eigenvalue weighted by molar-refractivity contribution is -0.128. The van der Waals surface area contributed by atoms with Crippen molar-refractivity contribution in [1.82, 2.24) is 4.90 Å². The fraction of sp³-hybridized carbons (Fsp3) is 0.259. The van der Waals surface area contributed by atoms with Crippen molar-refractivity contribution >= 4 is 23.2 Å². The van der Waals surface area contributed by atoms with Crippen LogP contribution in [-0.2, 0) is 22.4 Å². The number of benzene rings is 3. The highest BCUT2D eigenvalue weighted by atomic mass is 16.5. The van der Waals surface area contributed by atoms with Crippen molar-refractivity contribution in [2.45, 2.75) is 19.3 Å². The maximum absolute atomic E-state index is 12.3. The smallest absolute Gasteiger partial charge is 0.243 e. The Morgan fingerprint density at radius 3 is 2.27 bits per heavy atom. The minimum atomic E-state index is -0.138. The van der Waals surface area contributed by atoms with E-state index in [0.717, 1.165) is 23.4 Å². The van der Waals surface area contributed by atoms with Gasteiger partial charge >= 0.3 is 0 Å². The van der Waals surface area contributed by atoms with Gasteiger partial charge in [0.15, 0.2) is 0 Å². The molecule has 2 amide bonds. The van der Waals surface area contributed by atoms with Crippen molar-refractivity contribution in [2.24, 2.45) is 0 Å². The van der Waals surface area contributed by atoms with Gasteiger partial charge in [-0.3, -0.25) is 9.59 Å². The molecule has 0 aliphatic rings. The molecule has 0 aliphatic heterocycles. The van der Waals surface area contributed by atoms with E-state index in [9.17, 15) is 9.59 Å².